The molecule has 24 heavy (non-hydrogen) atoms. The summed E-state index contributed by atoms with van der Waals surface area (Å²) in [6.07, 6.45) is 4.65. The van der Waals surface area contributed by atoms with Crippen LogP contribution in [-0.2, 0) is 9.59 Å². The lowest BCUT2D eigenvalue weighted by atomic mass is 9.89. The first-order valence-corrected chi connectivity index (χ1v) is 8.75. The molecule has 2 amide bonds. The molecule has 3 heterocycles. The molecule has 1 aromatic rings. The van der Waals surface area contributed by atoms with Crippen LogP contribution in [0.5, 0.6) is 0 Å². The lowest BCUT2D eigenvalue weighted by Crippen LogP contribution is -2.48. The summed E-state index contributed by atoms with van der Waals surface area (Å²) >= 11 is 0. The Kier molecular flexibility index (Phi) is 4.00. The van der Waals surface area contributed by atoms with Crippen LogP contribution < -0.4 is 10.6 Å². The fourth-order valence-electron chi connectivity index (χ4n) is 4.37. The number of nitrogens with one attached hydrogen (secondary N) is 2. The van der Waals surface area contributed by atoms with Crippen LogP contribution in [-0.4, -0.2) is 41.9 Å². The minimum Gasteiger partial charge on any atom is -0.351 e. The molecular weight excluding hydrogens is 309 g/mol. The Bertz CT molecular complexity index is 678. The van der Waals surface area contributed by atoms with E-state index in [1.54, 1.807) is 6.07 Å². The van der Waals surface area contributed by atoms with E-state index in [0.29, 0.717) is 17.3 Å². The van der Waals surface area contributed by atoms with Crippen molar-refractivity contribution < 1.29 is 14.0 Å². The zero-order valence-corrected chi connectivity index (χ0v) is 13.6. The molecule has 3 aliphatic heterocycles. The summed E-state index contributed by atoms with van der Waals surface area (Å²) in [4.78, 5) is 27.2. The second-order valence-corrected chi connectivity index (χ2v) is 7.04. The highest BCUT2D eigenvalue weighted by Gasteiger charge is 2.38. The van der Waals surface area contributed by atoms with E-state index >= 15 is 0 Å². The van der Waals surface area contributed by atoms with Crippen molar-refractivity contribution in [3.05, 3.63) is 29.6 Å². The van der Waals surface area contributed by atoms with Crippen LogP contribution >= 0.6 is 0 Å². The third-order valence-corrected chi connectivity index (χ3v) is 5.55. The van der Waals surface area contributed by atoms with Crippen LogP contribution in [0.3, 0.4) is 0 Å². The molecular formula is C18H22FN3O2. The molecule has 3 aliphatic rings. The number of hydrogen-bond acceptors (Lipinski definition) is 3. The molecule has 3 atom stereocenters. The van der Waals surface area contributed by atoms with Gasteiger partial charge in [-0.3, -0.25) is 14.5 Å². The molecule has 0 aromatic heterocycles. The zero-order valence-electron chi connectivity index (χ0n) is 13.6. The Morgan fingerprint density at radius 2 is 2.12 bits per heavy atom. The highest BCUT2D eigenvalue weighted by atomic mass is 19.1. The summed E-state index contributed by atoms with van der Waals surface area (Å²) in [5.74, 6) is -1.30. The van der Waals surface area contributed by atoms with Crippen molar-refractivity contribution in [3.63, 3.8) is 0 Å². The third kappa shape index (κ3) is 2.79. The van der Waals surface area contributed by atoms with Crippen molar-refractivity contribution in [2.75, 3.05) is 18.4 Å². The first-order valence-electron chi connectivity index (χ1n) is 8.75. The van der Waals surface area contributed by atoms with Gasteiger partial charge in [-0.25, -0.2) is 4.39 Å². The number of rotatable bonds is 2. The maximum Gasteiger partial charge on any atom is 0.228 e. The molecule has 6 heteroatoms. The number of halogens is 1. The molecule has 2 N–H and O–H groups in total. The average Bonchev–Trinajstić information content (AvgIpc) is 2.97. The third-order valence-electron chi connectivity index (χ3n) is 5.55. The molecule has 2 fully saturated rings. The van der Waals surface area contributed by atoms with Gasteiger partial charge in [0.15, 0.2) is 0 Å². The molecule has 1 aromatic carbocycles. The largest absolute Gasteiger partial charge is 0.351 e. The SMILES string of the molecule is O=C1C[C@H](C(=O)N[C@@H]2CCN3CCCC[C@H]23)c2ccc(F)cc2N1. The number of nitrogens with zero attached hydrogens (tertiary/aromatic N) is 1. The summed E-state index contributed by atoms with van der Waals surface area (Å²) in [5.41, 5.74) is 1.11. The normalized spacial score (nSPS) is 29.5. The predicted octanol–water partition coefficient (Wildman–Crippen LogP) is 1.99. The number of carbonyl (C=O) groups is 2. The first kappa shape index (κ1) is 15.6. The van der Waals surface area contributed by atoms with Gasteiger partial charge in [0, 0.05) is 30.7 Å². The minimum atomic E-state index is -0.535. The van der Waals surface area contributed by atoms with Gasteiger partial charge in [-0.1, -0.05) is 12.5 Å². The number of piperidine rings is 1. The van der Waals surface area contributed by atoms with E-state index in [4.69, 9.17) is 0 Å². The maximum absolute atomic E-state index is 13.4. The van der Waals surface area contributed by atoms with E-state index in [2.05, 4.69) is 15.5 Å². The second kappa shape index (κ2) is 6.16. The van der Waals surface area contributed by atoms with Gasteiger partial charge in [-0.2, -0.15) is 0 Å². The minimum absolute atomic E-state index is 0.116. The number of benzene rings is 1. The lowest BCUT2D eigenvalue weighted by molar-refractivity contribution is -0.127. The monoisotopic (exact) mass is 331 g/mol. The molecule has 0 bridgehead atoms. The Morgan fingerprint density at radius 3 is 3.00 bits per heavy atom. The van der Waals surface area contributed by atoms with Crippen LogP contribution in [0.25, 0.3) is 0 Å². The first-order chi connectivity index (χ1) is 11.6. The maximum atomic E-state index is 13.4. The van der Waals surface area contributed by atoms with Crippen molar-refractivity contribution in [1.82, 2.24) is 10.2 Å². The van der Waals surface area contributed by atoms with Crippen molar-refractivity contribution in [1.29, 1.82) is 0 Å². The van der Waals surface area contributed by atoms with Gasteiger partial charge in [0.1, 0.15) is 5.82 Å². The Balaban J connectivity index is 1.52. The number of amides is 2. The van der Waals surface area contributed by atoms with Gasteiger partial charge in [-0.05, 0) is 43.5 Å². The van der Waals surface area contributed by atoms with Gasteiger partial charge >= 0.3 is 0 Å². The molecule has 2 saturated heterocycles. The quantitative estimate of drug-likeness (QED) is 0.871. The van der Waals surface area contributed by atoms with E-state index < -0.39 is 11.7 Å². The van der Waals surface area contributed by atoms with Gasteiger partial charge in [0.05, 0.1) is 5.92 Å². The topological polar surface area (TPSA) is 61.4 Å². The van der Waals surface area contributed by atoms with Crippen LogP contribution in [0.4, 0.5) is 10.1 Å². The summed E-state index contributed by atoms with van der Waals surface area (Å²) < 4.78 is 13.4. The van der Waals surface area contributed by atoms with E-state index in [1.807, 2.05) is 0 Å². The molecule has 0 saturated carbocycles. The number of anilines is 1. The Labute approximate surface area is 140 Å². The number of hydrogen-bond donors (Lipinski definition) is 2. The fourth-order valence-corrected chi connectivity index (χ4v) is 4.37. The van der Waals surface area contributed by atoms with Crippen LogP contribution in [0, 0.1) is 5.82 Å². The highest BCUT2D eigenvalue weighted by Crippen LogP contribution is 2.34. The number of fused-ring (bicyclic) bond motifs is 2. The van der Waals surface area contributed by atoms with Gasteiger partial charge in [-0.15, -0.1) is 0 Å². The summed E-state index contributed by atoms with van der Waals surface area (Å²) in [6.45, 7) is 2.15. The summed E-state index contributed by atoms with van der Waals surface area (Å²) in [5, 5.41) is 5.83. The van der Waals surface area contributed by atoms with Crippen molar-refractivity contribution in [3.8, 4) is 0 Å². The standard InChI is InChI=1S/C18H22FN3O2/c19-11-4-5-12-13(10-17(23)20-15(12)9-11)18(24)21-14-6-8-22-7-2-1-3-16(14)22/h4-5,9,13-14,16H,1-3,6-8,10H2,(H,20,23)(H,21,24)/t13-,14+,16+/m0/s1. The molecule has 4 rings (SSSR count). The van der Waals surface area contributed by atoms with E-state index in [1.165, 1.54) is 25.0 Å². The van der Waals surface area contributed by atoms with Crippen LogP contribution in [0.1, 0.15) is 43.6 Å². The van der Waals surface area contributed by atoms with Crippen molar-refractivity contribution >= 4 is 17.5 Å². The van der Waals surface area contributed by atoms with E-state index in [-0.39, 0.29) is 24.3 Å². The van der Waals surface area contributed by atoms with Crippen LogP contribution in [0.2, 0.25) is 0 Å². The van der Waals surface area contributed by atoms with E-state index in [0.717, 1.165) is 25.9 Å². The Hall–Kier alpha value is -1.95. The molecule has 0 unspecified atom stereocenters. The molecule has 128 valence electrons. The van der Waals surface area contributed by atoms with Gasteiger partial charge in [0.25, 0.3) is 0 Å². The lowest BCUT2D eigenvalue weighted by Gasteiger charge is -2.33. The molecule has 0 aliphatic carbocycles. The van der Waals surface area contributed by atoms with E-state index in [9.17, 15) is 14.0 Å². The molecule has 0 radical (unpaired) electrons. The van der Waals surface area contributed by atoms with Gasteiger partial charge < -0.3 is 10.6 Å². The predicted molar refractivity (Wildman–Crippen MR) is 88.1 cm³/mol. The fraction of sp³-hybridized carbons (Fsp3) is 0.556. The van der Waals surface area contributed by atoms with Gasteiger partial charge in [0.2, 0.25) is 11.8 Å². The molecule has 5 nitrogen and oxygen atoms in total. The van der Waals surface area contributed by atoms with Crippen LogP contribution in [0.15, 0.2) is 18.2 Å². The molecule has 0 spiro atoms. The zero-order chi connectivity index (χ0) is 16.7. The number of carbonyl (C=O) groups excluding carboxylic acids is 2. The van der Waals surface area contributed by atoms with Crippen molar-refractivity contribution in [2.24, 2.45) is 0 Å². The average molecular weight is 331 g/mol. The van der Waals surface area contributed by atoms with Crippen molar-refractivity contribution in [2.45, 2.75) is 50.1 Å². The Morgan fingerprint density at radius 1 is 1.25 bits per heavy atom. The highest BCUT2D eigenvalue weighted by molar-refractivity contribution is 6.01. The second-order valence-electron chi connectivity index (χ2n) is 7.04. The summed E-state index contributed by atoms with van der Waals surface area (Å²) in [7, 11) is 0. The smallest absolute Gasteiger partial charge is 0.228 e. The summed E-state index contributed by atoms with van der Waals surface area (Å²) in [6, 6.07) is 4.82.